The van der Waals surface area contributed by atoms with Crippen molar-refractivity contribution in [3.63, 3.8) is 0 Å². The number of methoxy groups -OCH3 is 4. The Morgan fingerprint density at radius 2 is 1.05 bits per heavy atom. The van der Waals surface area contributed by atoms with Gasteiger partial charge in [0.15, 0.2) is 0 Å². The summed E-state index contributed by atoms with van der Waals surface area (Å²) in [5, 5.41) is -1.98. The van der Waals surface area contributed by atoms with Gasteiger partial charge in [-0.15, -0.1) is 11.8 Å². The Morgan fingerprint density at radius 1 is 0.714 bits per heavy atom. The van der Waals surface area contributed by atoms with E-state index in [1.165, 1.54) is 14.2 Å². The third kappa shape index (κ3) is 6.98. The van der Waals surface area contributed by atoms with Crippen molar-refractivity contribution in [3.05, 3.63) is 0 Å². The minimum absolute atomic E-state index is 0.289. The summed E-state index contributed by atoms with van der Waals surface area (Å²) in [7, 11) is 4.66. The van der Waals surface area contributed by atoms with Crippen LogP contribution in [-0.4, -0.2) is 62.8 Å². The molecule has 0 spiro atoms. The van der Waals surface area contributed by atoms with Crippen molar-refractivity contribution >= 4 is 35.6 Å². The van der Waals surface area contributed by atoms with Gasteiger partial charge in [-0.25, -0.2) is 0 Å². The van der Waals surface area contributed by atoms with Gasteiger partial charge in [-0.2, -0.15) is 0 Å². The summed E-state index contributed by atoms with van der Waals surface area (Å²) in [5.74, 6) is -2.69. The third-order valence-electron chi connectivity index (χ3n) is 2.42. The van der Waals surface area contributed by atoms with Crippen molar-refractivity contribution in [1.29, 1.82) is 0 Å². The summed E-state index contributed by atoms with van der Waals surface area (Å²) in [4.78, 5) is 45.9. The van der Waals surface area contributed by atoms with Crippen LogP contribution in [0.4, 0.5) is 0 Å². The van der Waals surface area contributed by atoms with E-state index in [1.54, 1.807) is 0 Å². The number of ether oxygens (including phenoxy) is 4. The molecule has 0 aliphatic rings. The molecule has 120 valence electrons. The van der Waals surface area contributed by atoms with Crippen molar-refractivity contribution in [2.24, 2.45) is 0 Å². The van der Waals surface area contributed by atoms with Gasteiger partial charge in [0.25, 0.3) is 0 Å². The molecule has 0 aromatic carbocycles. The van der Waals surface area contributed by atoms with Crippen LogP contribution in [-0.2, 0) is 38.1 Å². The first-order valence-electron chi connectivity index (χ1n) is 5.84. The maximum absolute atomic E-state index is 11.6. The summed E-state index contributed by atoms with van der Waals surface area (Å²) in [5.41, 5.74) is 0. The molecule has 0 amide bonds. The quantitative estimate of drug-likeness (QED) is 0.448. The van der Waals surface area contributed by atoms with Crippen molar-refractivity contribution < 1.29 is 38.1 Å². The Labute approximate surface area is 126 Å². The molecule has 21 heavy (non-hydrogen) atoms. The van der Waals surface area contributed by atoms with Crippen LogP contribution in [0.25, 0.3) is 0 Å². The van der Waals surface area contributed by atoms with Crippen LogP contribution in [0.2, 0.25) is 0 Å². The molecule has 0 saturated heterocycles. The molecule has 0 bridgehead atoms. The summed E-state index contributed by atoms with van der Waals surface area (Å²) in [6, 6.07) is 0. The van der Waals surface area contributed by atoms with Crippen molar-refractivity contribution in [2.45, 2.75) is 23.3 Å². The number of carbonyl (C=O) groups is 4. The average Bonchev–Trinajstić information content (AvgIpc) is 2.50. The molecule has 0 rings (SSSR count). The van der Waals surface area contributed by atoms with Gasteiger partial charge in [-0.1, -0.05) is 0 Å². The van der Waals surface area contributed by atoms with E-state index in [9.17, 15) is 19.2 Å². The zero-order valence-electron chi connectivity index (χ0n) is 12.2. The molecular weight excluding hydrogens is 304 g/mol. The predicted molar refractivity (Wildman–Crippen MR) is 72.5 cm³/mol. The molecule has 0 heterocycles. The van der Waals surface area contributed by atoms with Crippen LogP contribution in [0.15, 0.2) is 0 Å². The topological polar surface area (TPSA) is 105 Å². The second-order valence-electron chi connectivity index (χ2n) is 3.72. The van der Waals surface area contributed by atoms with Crippen LogP contribution in [0.3, 0.4) is 0 Å². The lowest BCUT2D eigenvalue weighted by Crippen LogP contribution is -2.31. The lowest BCUT2D eigenvalue weighted by molar-refractivity contribution is -0.147. The van der Waals surface area contributed by atoms with Gasteiger partial charge in [0.2, 0.25) is 0 Å². The van der Waals surface area contributed by atoms with Crippen LogP contribution < -0.4 is 0 Å². The van der Waals surface area contributed by atoms with Crippen molar-refractivity contribution in [3.8, 4) is 0 Å². The molecule has 2 unspecified atom stereocenters. The molecular formula is C12H18O8S. The maximum Gasteiger partial charge on any atom is 0.319 e. The van der Waals surface area contributed by atoms with Gasteiger partial charge in [-0.05, 0) is 0 Å². The molecule has 9 heteroatoms. The van der Waals surface area contributed by atoms with E-state index in [2.05, 4.69) is 18.9 Å². The average molecular weight is 322 g/mol. The molecule has 0 aromatic heterocycles. The van der Waals surface area contributed by atoms with E-state index >= 15 is 0 Å². The van der Waals surface area contributed by atoms with Gasteiger partial charge >= 0.3 is 23.9 Å². The second-order valence-corrected chi connectivity index (χ2v) is 5.13. The fourth-order valence-corrected chi connectivity index (χ4v) is 2.58. The number of thioether (sulfide) groups is 1. The zero-order chi connectivity index (χ0) is 16.4. The molecule has 0 aliphatic heterocycles. The second kappa shape index (κ2) is 10.0. The fourth-order valence-electron chi connectivity index (χ4n) is 1.30. The zero-order valence-corrected chi connectivity index (χ0v) is 13.1. The first kappa shape index (κ1) is 19.2. The van der Waals surface area contributed by atoms with E-state index in [1.807, 2.05) is 0 Å². The summed E-state index contributed by atoms with van der Waals surface area (Å²) in [6.07, 6.45) is -0.578. The minimum Gasteiger partial charge on any atom is -0.469 e. The Morgan fingerprint density at radius 3 is 1.29 bits per heavy atom. The SMILES string of the molecule is COC(=O)CC(SC(CC(=O)OC)C(=O)OC)C(=O)OC. The highest BCUT2D eigenvalue weighted by atomic mass is 32.2. The number of carbonyl (C=O) groups excluding carboxylic acids is 4. The van der Waals surface area contributed by atoms with Crippen LogP contribution in [0.5, 0.6) is 0 Å². The van der Waals surface area contributed by atoms with Gasteiger partial charge in [-0.3, -0.25) is 19.2 Å². The summed E-state index contributed by atoms with van der Waals surface area (Å²) in [6.45, 7) is 0. The van der Waals surface area contributed by atoms with E-state index in [0.29, 0.717) is 0 Å². The smallest absolute Gasteiger partial charge is 0.319 e. The Hall–Kier alpha value is -1.77. The highest BCUT2D eigenvalue weighted by molar-refractivity contribution is 8.01. The fraction of sp³-hybridized carbons (Fsp3) is 0.667. The molecule has 0 aromatic rings. The van der Waals surface area contributed by atoms with E-state index < -0.39 is 34.4 Å². The molecule has 8 nitrogen and oxygen atoms in total. The number of hydrogen-bond acceptors (Lipinski definition) is 9. The van der Waals surface area contributed by atoms with Crippen molar-refractivity contribution in [2.75, 3.05) is 28.4 Å². The standard InChI is InChI=1S/C12H18O8S/c1-17-9(13)5-7(11(15)19-3)21-8(12(16)20-4)6-10(14)18-2/h7-8H,5-6H2,1-4H3. The van der Waals surface area contributed by atoms with Gasteiger partial charge in [0, 0.05) is 0 Å². The normalized spacial score (nSPS) is 12.8. The van der Waals surface area contributed by atoms with Gasteiger partial charge < -0.3 is 18.9 Å². The lowest BCUT2D eigenvalue weighted by Gasteiger charge is -2.18. The highest BCUT2D eigenvalue weighted by Crippen LogP contribution is 2.26. The maximum atomic E-state index is 11.6. The van der Waals surface area contributed by atoms with E-state index in [-0.39, 0.29) is 12.8 Å². The number of rotatable bonds is 8. The van der Waals surface area contributed by atoms with Crippen molar-refractivity contribution in [1.82, 2.24) is 0 Å². The van der Waals surface area contributed by atoms with Crippen LogP contribution >= 0.6 is 11.8 Å². The summed E-state index contributed by atoms with van der Waals surface area (Å²) < 4.78 is 18.1. The van der Waals surface area contributed by atoms with Gasteiger partial charge in [0.05, 0.1) is 41.3 Å². The first-order chi connectivity index (χ1) is 9.89. The molecule has 0 saturated carbocycles. The Balaban J connectivity index is 5.00. The summed E-state index contributed by atoms with van der Waals surface area (Å²) >= 11 is 0.792. The first-order valence-corrected chi connectivity index (χ1v) is 6.78. The number of hydrogen-bond donors (Lipinski definition) is 0. The highest BCUT2D eigenvalue weighted by Gasteiger charge is 2.33. The molecule has 2 atom stereocenters. The van der Waals surface area contributed by atoms with E-state index in [0.717, 1.165) is 26.0 Å². The minimum atomic E-state index is -0.990. The molecule has 0 radical (unpaired) electrons. The Bertz CT molecular complexity index is 359. The molecule has 0 N–H and O–H groups in total. The largest absolute Gasteiger partial charge is 0.469 e. The van der Waals surface area contributed by atoms with Crippen LogP contribution in [0, 0.1) is 0 Å². The van der Waals surface area contributed by atoms with Gasteiger partial charge in [0.1, 0.15) is 10.5 Å². The Kier molecular flexibility index (Phi) is 9.18. The number of esters is 4. The third-order valence-corrected chi connectivity index (χ3v) is 3.79. The van der Waals surface area contributed by atoms with E-state index in [4.69, 9.17) is 0 Å². The predicted octanol–water partition coefficient (Wildman–Crippen LogP) is -0.0710. The monoisotopic (exact) mass is 322 g/mol. The molecule has 0 aliphatic carbocycles. The molecule has 0 fully saturated rings. The van der Waals surface area contributed by atoms with Crippen LogP contribution in [0.1, 0.15) is 12.8 Å². The lowest BCUT2D eigenvalue weighted by atomic mass is 10.3.